The fourth-order valence-electron chi connectivity index (χ4n) is 5.44. The van der Waals surface area contributed by atoms with Crippen molar-refractivity contribution in [3.8, 4) is 0 Å². The summed E-state index contributed by atoms with van der Waals surface area (Å²) in [6, 6.07) is 0. The predicted octanol–water partition coefficient (Wildman–Crippen LogP) is 4.11. The van der Waals surface area contributed by atoms with E-state index in [0.29, 0.717) is 25.4 Å². The fourth-order valence-corrected chi connectivity index (χ4v) is 5.44. The Labute approximate surface area is 220 Å². The van der Waals surface area contributed by atoms with E-state index in [0.717, 1.165) is 31.3 Å². The number of cyclic esters (lactones) is 1. The second kappa shape index (κ2) is 13.2. The summed E-state index contributed by atoms with van der Waals surface area (Å²) in [7, 11) is 0. The highest BCUT2D eigenvalue weighted by atomic mass is 16.6. The predicted molar refractivity (Wildman–Crippen MR) is 141 cm³/mol. The molecule has 37 heavy (non-hydrogen) atoms. The van der Waals surface area contributed by atoms with Gasteiger partial charge in [0.2, 0.25) is 0 Å². The largest absolute Gasteiger partial charge is 0.452 e. The first-order valence-electron chi connectivity index (χ1n) is 13.6. The molecule has 0 spiro atoms. The van der Waals surface area contributed by atoms with Crippen LogP contribution in [0.25, 0.3) is 0 Å². The van der Waals surface area contributed by atoms with E-state index < -0.39 is 24.3 Å². The van der Waals surface area contributed by atoms with Crippen LogP contribution in [0.4, 0.5) is 0 Å². The molecule has 0 radical (unpaired) electrons. The third kappa shape index (κ3) is 8.76. The Kier molecular flexibility index (Phi) is 9.96. The van der Waals surface area contributed by atoms with Gasteiger partial charge in [-0.05, 0) is 57.4 Å². The van der Waals surface area contributed by atoms with Gasteiger partial charge < -0.3 is 29.2 Å². The Hall–Kier alpha value is -2.03. The van der Waals surface area contributed by atoms with Gasteiger partial charge in [0.05, 0.1) is 43.2 Å². The van der Waals surface area contributed by atoms with Crippen molar-refractivity contribution in [2.24, 2.45) is 5.92 Å². The molecule has 2 bridgehead atoms. The molecule has 0 amide bonds. The maximum absolute atomic E-state index is 12.6. The van der Waals surface area contributed by atoms with Gasteiger partial charge >= 0.3 is 5.97 Å². The van der Waals surface area contributed by atoms with Gasteiger partial charge in [0.25, 0.3) is 0 Å². The van der Waals surface area contributed by atoms with E-state index in [4.69, 9.17) is 18.9 Å². The zero-order valence-electron chi connectivity index (χ0n) is 22.0. The molecular formula is C30H42O7. The van der Waals surface area contributed by atoms with Crippen molar-refractivity contribution in [2.45, 2.75) is 108 Å². The van der Waals surface area contributed by atoms with Crippen molar-refractivity contribution < 1.29 is 34.0 Å². The van der Waals surface area contributed by atoms with E-state index in [1.165, 1.54) is 11.6 Å². The van der Waals surface area contributed by atoms with Gasteiger partial charge in [-0.15, -0.1) is 0 Å². The summed E-state index contributed by atoms with van der Waals surface area (Å²) in [6.45, 7) is 8.96. The number of hydrogen-bond acceptors (Lipinski definition) is 7. The Morgan fingerprint density at radius 1 is 1.03 bits per heavy atom. The summed E-state index contributed by atoms with van der Waals surface area (Å²) < 4.78 is 23.3. The summed E-state index contributed by atoms with van der Waals surface area (Å²) in [4.78, 5) is 12.6. The van der Waals surface area contributed by atoms with E-state index in [1.54, 1.807) is 12.2 Å². The summed E-state index contributed by atoms with van der Waals surface area (Å²) in [5.41, 5.74) is 2.23. The van der Waals surface area contributed by atoms with E-state index in [1.807, 2.05) is 18.2 Å². The van der Waals surface area contributed by atoms with Crippen LogP contribution in [0.2, 0.25) is 0 Å². The SMILES string of the molecule is C=C1C[C@H](C)C[C@@H]2CC=C[C@@H](CC=CC(=O)O[C@@H](C=C[C@@H]3CC(C)=CCO3)[C@@H](O)C[C@@H]3O[C@H]3[C@@H](O)C1)O2. The third-order valence-electron chi connectivity index (χ3n) is 7.43. The number of epoxide rings is 1. The quantitative estimate of drug-likeness (QED) is 0.325. The summed E-state index contributed by atoms with van der Waals surface area (Å²) in [5, 5.41) is 21.7. The molecule has 4 heterocycles. The highest BCUT2D eigenvalue weighted by Gasteiger charge is 2.46. The van der Waals surface area contributed by atoms with Gasteiger partial charge in [0, 0.05) is 12.5 Å². The Morgan fingerprint density at radius 3 is 2.68 bits per heavy atom. The van der Waals surface area contributed by atoms with Gasteiger partial charge in [-0.3, -0.25) is 0 Å². The monoisotopic (exact) mass is 514 g/mol. The van der Waals surface area contributed by atoms with Gasteiger partial charge in [0.1, 0.15) is 12.2 Å². The van der Waals surface area contributed by atoms with Crippen LogP contribution in [0.3, 0.4) is 0 Å². The van der Waals surface area contributed by atoms with Crippen LogP contribution in [0, 0.1) is 5.92 Å². The average molecular weight is 515 g/mol. The van der Waals surface area contributed by atoms with E-state index in [9.17, 15) is 15.0 Å². The standard InChI is InChI=1S/C30H42O7/c1-19-12-13-34-23(15-19)10-11-27-25(31)18-28-30(37-28)26(32)17-21(3)14-20(2)16-24-8-4-6-22(35-24)7-5-9-29(33)36-27/h4-6,9-12,20,22-28,30-32H,3,7-8,13-18H2,1-2H3/t20-,22-,23+,24-,25-,26-,27-,28-,30-/m0/s1. The molecule has 0 unspecified atom stereocenters. The smallest absolute Gasteiger partial charge is 0.331 e. The lowest BCUT2D eigenvalue weighted by Crippen LogP contribution is -2.32. The molecule has 1 fully saturated rings. The average Bonchev–Trinajstić information content (AvgIpc) is 3.60. The maximum atomic E-state index is 12.6. The minimum absolute atomic E-state index is 0.0904. The van der Waals surface area contributed by atoms with Crippen LogP contribution in [0.15, 0.2) is 60.3 Å². The van der Waals surface area contributed by atoms with Crippen LogP contribution in [0.1, 0.15) is 58.8 Å². The first kappa shape index (κ1) is 28.0. The topological polar surface area (TPSA) is 97.8 Å². The maximum Gasteiger partial charge on any atom is 0.331 e. The number of fused-ring (bicyclic) bond motifs is 3. The van der Waals surface area contributed by atoms with Crippen LogP contribution in [-0.2, 0) is 23.7 Å². The second-order valence-electron chi connectivity index (χ2n) is 11.0. The molecule has 0 aromatic heterocycles. The molecule has 0 saturated carbocycles. The van der Waals surface area contributed by atoms with Crippen molar-refractivity contribution in [1.82, 2.24) is 0 Å². The minimum Gasteiger partial charge on any atom is -0.452 e. The van der Waals surface area contributed by atoms with E-state index in [2.05, 4.69) is 26.5 Å². The van der Waals surface area contributed by atoms with Crippen molar-refractivity contribution >= 4 is 5.97 Å². The van der Waals surface area contributed by atoms with Crippen LogP contribution in [0.5, 0.6) is 0 Å². The number of ether oxygens (including phenoxy) is 4. The third-order valence-corrected chi connectivity index (χ3v) is 7.43. The van der Waals surface area contributed by atoms with Gasteiger partial charge in [-0.25, -0.2) is 4.79 Å². The molecule has 1 saturated heterocycles. The van der Waals surface area contributed by atoms with E-state index >= 15 is 0 Å². The molecule has 204 valence electrons. The number of carbonyl (C=O) groups excluding carboxylic acids is 1. The fraction of sp³-hybridized carbons (Fsp3) is 0.633. The van der Waals surface area contributed by atoms with Crippen LogP contribution in [-0.4, -0.2) is 71.6 Å². The zero-order valence-corrected chi connectivity index (χ0v) is 22.0. The highest BCUT2D eigenvalue weighted by Crippen LogP contribution is 2.34. The second-order valence-corrected chi connectivity index (χ2v) is 11.0. The van der Waals surface area contributed by atoms with Crippen molar-refractivity contribution in [3.63, 3.8) is 0 Å². The summed E-state index contributed by atoms with van der Waals surface area (Å²) >= 11 is 0. The summed E-state index contributed by atoms with van der Waals surface area (Å²) in [5.74, 6) is -0.149. The van der Waals surface area contributed by atoms with Crippen molar-refractivity contribution in [1.29, 1.82) is 0 Å². The number of hydrogen-bond donors (Lipinski definition) is 2. The molecule has 4 rings (SSSR count). The number of aliphatic hydroxyl groups excluding tert-OH is 2. The Bertz CT molecular complexity index is 919. The number of aliphatic hydroxyl groups is 2. The lowest BCUT2D eigenvalue weighted by Gasteiger charge is -2.28. The Balaban J connectivity index is 1.46. The lowest BCUT2D eigenvalue weighted by molar-refractivity contribution is -0.145. The van der Waals surface area contributed by atoms with Crippen molar-refractivity contribution in [2.75, 3.05) is 6.61 Å². The normalized spacial score (nSPS) is 40.2. The lowest BCUT2D eigenvalue weighted by atomic mass is 9.91. The number of esters is 1. The highest BCUT2D eigenvalue weighted by molar-refractivity contribution is 5.82. The molecule has 7 nitrogen and oxygen atoms in total. The molecule has 0 aromatic rings. The molecule has 4 aliphatic rings. The molecule has 0 aromatic carbocycles. The number of carbonyl (C=O) groups is 1. The van der Waals surface area contributed by atoms with Gasteiger partial charge in [-0.2, -0.15) is 0 Å². The molecule has 2 N–H and O–H groups in total. The summed E-state index contributed by atoms with van der Waals surface area (Å²) in [6.07, 6.45) is 14.3. The van der Waals surface area contributed by atoms with Crippen molar-refractivity contribution in [3.05, 3.63) is 60.3 Å². The van der Waals surface area contributed by atoms with Crippen LogP contribution >= 0.6 is 0 Å². The van der Waals surface area contributed by atoms with Crippen LogP contribution < -0.4 is 0 Å². The molecule has 7 heteroatoms. The molecular weight excluding hydrogens is 472 g/mol. The van der Waals surface area contributed by atoms with E-state index in [-0.39, 0.29) is 36.9 Å². The molecule has 4 aliphatic heterocycles. The minimum atomic E-state index is -0.980. The number of rotatable bonds is 2. The Morgan fingerprint density at radius 2 is 1.86 bits per heavy atom. The zero-order chi connectivity index (χ0) is 26.4. The van der Waals surface area contributed by atoms with Gasteiger partial charge in [0.15, 0.2) is 0 Å². The molecule has 0 aliphatic carbocycles. The molecule has 9 atom stereocenters. The first-order chi connectivity index (χ1) is 17.8. The van der Waals surface area contributed by atoms with Gasteiger partial charge in [-0.1, -0.05) is 55.0 Å². The first-order valence-corrected chi connectivity index (χ1v) is 13.6.